The van der Waals surface area contributed by atoms with Gasteiger partial charge >= 0.3 is 0 Å². The van der Waals surface area contributed by atoms with Gasteiger partial charge in [0.25, 0.3) is 0 Å². The van der Waals surface area contributed by atoms with E-state index in [-0.39, 0.29) is 0 Å². The molecule has 0 aromatic heterocycles. The SMILES string of the molecule is C=Cc1ccccc1OC(OCC)c1ccccc1. The van der Waals surface area contributed by atoms with Crippen molar-refractivity contribution in [3.63, 3.8) is 0 Å². The molecule has 0 N–H and O–H groups in total. The van der Waals surface area contributed by atoms with Crippen molar-refractivity contribution in [3.8, 4) is 5.75 Å². The second-order valence-corrected chi connectivity index (χ2v) is 4.06. The molecule has 0 aliphatic rings. The lowest BCUT2D eigenvalue weighted by Gasteiger charge is -2.20. The quantitative estimate of drug-likeness (QED) is 0.709. The molecule has 2 nitrogen and oxygen atoms in total. The summed E-state index contributed by atoms with van der Waals surface area (Å²) >= 11 is 0. The van der Waals surface area contributed by atoms with Crippen LogP contribution in [0.15, 0.2) is 61.2 Å². The lowest BCUT2D eigenvalue weighted by atomic mass is 10.2. The van der Waals surface area contributed by atoms with Crippen molar-refractivity contribution < 1.29 is 9.47 Å². The third-order valence-corrected chi connectivity index (χ3v) is 2.76. The fourth-order valence-corrected chi connectivity index (χ4v) is 1.83. The molecule has 2 aromatic rings. The number of rotatable bonds is 6. The van der Waals surface area contributed by atoms with Gasteiger partial charge in [-0.3, -0.25) is 0 Å². The third-order valence-electron chi connectivity index (χ3n) is 2.76. The van der Waals surface area contributed by atoms with E-state index in [4.69, 9.17) is 9.47 Å². The van der Waals surface area contributed by atoms with Crippen molar-refractivity contribution in [3.05, 3.63) is 72.3 Å². The van der Waals surface area contributed by atoms with Gasteiger partial charge in [0.15, 0.2) is 0 Å². The first-order chi connectivity index (χ1) is 9.35. The Hall–Kier alpha value is -2.06. The van der Waals surface area contributed by atoms with E-state index in [0.717, 1.165) is 16.9 Å². The van der Waals surface area contributed by atoms with Gasteiger partial charge < -0.3 is 9.47 Å². The maximum atomic E-state index is 5.97. The Bertz CT molecular complexity index is 520. The molecule has 0 radical (unpaired) electrons. The van der Waals surface area contributed by atoms with E-state index in [2.05, 4.69) is 6.58 Å². The molecular weight excluding hydrogens is 236 g/mol. The largest absolute Gasteiger partial charge is 0.460 e. The number of benzene rings is 2. The Morgan fingerprint density at radius 3 is 2.42 bits per heavy atom. The fourth-order valence-electron chi connectivity index (χ4n) is 1.83. The first-order valence-corrected chi connectivity index (χ1v) is 6.39. The standard InChI is InChI=1S/C17H18O2/c1-3-14-10-8-9-13-16(14)19-17(18-4-2)15-11-6-5-7-12-15/h3,5-13,17H,1,4H2,2H3. The number of hydrogen-bond acceptors (Lipinski definition) is 2. The Labute approximate surface area is 114 Å². The summed E-state index contributed by atoms with van der Waals surface area (Å²) in [4.78, 5) is 0. The highest BCUT2D eigenvalue weighted by Gasteiger charge is 2.14. The summed E-state index contributed by atoms with van der Waals surface area (Å²) in [6.45, 7) is 6.35. The monoisotopic (exact) mass is 254 g/mol. The normalized spacial score (nSPS) is 11.8. The highest BCUT2D eigenvalue weighted by molar-refractivity contribution is 5.55. The zero-order chi connectivity index (χ0) is 13.5. The summed E-state index contributed by atoms with van der Waals surface area (Å²) in [6, 6.07) is 17.7. The Kier molecular flexibility index (Phi) is 4.76. The molecule has 1 atom stereocenters. The van der Waals surface area contributed by atoms with Crippen LogP contribution in [0.25, 0.3) is 6.08 Å². The van der Waals surface area contributed by atoms with Crippen LogP contribution in [0.2, 0.25) is 0 Å². The van der Waals surface area contributed by atoms with Crippen LogP contribution in [0.5, 0.6) is 5.75 Å². The number of para-hydroxylation sites is 1. The van der Waals surface area contributed by atoms with Crippen molar-refractivity contribution >= 4 is 6.08 Å². The van der Waals surface area contributed by atoms with Crippen molar-refractivity contribution in [2.45, 2.75) is 13.2 Å². The molecule has 2 aromatic carbocycles. The van der Waals surface area contributed by atoms with Crippen molar-refractivity contribution in [1.29, 1.82) is 0 Å². The van der Waals surface area contributed by atoms with E-state index in [9.17, 15) is 0 Å². The van der Waals surface area contributed by atoms with Gasteiger partial charge in [-0.15, -0.1) is 0 Å². The molecule has 1 unspecified atom stereocenters. The maximum absolute atomic E-state index is 5.97. The van der Waals surface area contributed by atoms with Crippen LogP contribution in [-0.2, 0) is 4.74 Å². The van der Waals surface area contributed by atoms with Crippen LogP contribution in [0.4, 0.5) is 0 Å². The van der Waals surface area contributed by atoms with Gasteiger partial charge in [-0.2, -0.15) is 0 Å². The van der Waals surface area contributed by atoms with Crippen LogP contribution in [0.1, 0.15) is 24.3 Å². The zero-order valence-electron chi connectivity index (χ0n) is 11.1. The van der Waals surface area contributed by atoms with E-state index < -0.39 is 6.29 Å². The van der Waals surface area contributed by atoms with Crippen molar-refractivity contribution in [1.82, 2.24) is 0 Å². The molecule has 0 aliphatic carbocycles. The minimum atomic E-state index is -0.396. The van der Waals surface area contributed by atoms with Crippen LogP contribution in [-0.4, -0.2) is 6.61 Å². The summed E-state index contributed by atoms with van der Waals surface area (Å²) in [5.74, 6) is 0.778. The van der Waals surface area contributed by atoms with Crippen molar-refractivity contribution in [2.75, 3.05) is 6.61 Å². The van der Waals surface area contributed by atoms with Gasteiger partial charge in [-0.05, 0) is 13.0 Å². The van der Waals surface area contributed by atoms with E-state index in [1.54, 1.807) is 6.08 Å². The lowest BCUT2D eigenvalue weighted by Crippen LogP contribution is -2.12. The molecule has 0 bridgehead atoms. The van der Waals surface area contributed by atoms with Crippen molar-refractivity contribution in [2.24, 2.45) is 0 Å². The first kappa shape index (κ1) is 13.4. The second kappa shape index (κ2) is 6.76. The zero-order valence-corrected chi connectivity index (χ0v) is 11.1. The topological polar surface area (TPSA) is 18.5 Å². The van der Waals surface area contributed by atoms with E-state index in [0.29, 0.717) is 6.61 Å². The lowest BCUT2D eigenvalue weighted by molar-refractivity contribution is -0.0787. The fraction of sp³-hybridized carbons (Fsp3) is 0.176. The van der Waals surface area contributed by atoms with E-state index in [1.807, 2.05) is 61.5 Å². The Morgan fingerprint density at radius 2 is 1.74 bits per heavy atom. The molecule has 98 valence electrons. The van der Waals surface area contributed by atoms with Gasteiger partial charge in [0.2, 0.25) is 6.29 Å². The molecule has 19 heavy (non-hydrogen) atoms. The highest BCUT2D eigenvalue weighted by Crippen LogP contribution is 2.26. The molecule has 0 saturated heterocycles. The molecule has 2 heteroatoms. The molecule has 0 heterocycles. The summed E-state index contributed by atoms with van der Waals surface area (Å²) in [7, 11) is 0. The Balaban J connectivity index is 2.24. The minimum Gasteiger partial charge on any atom is -0.460 e. The number of hydrogen-bond donors (Lipinski definition) is 0. The van der Waals surface area contributed by atoms with E-state index >= 15 is 0 Å². The minimum absolute atomic E-state index is 0.396. The van der Waals surface area contributed by atoms with Gasteiger partial charge in [0, 0.05) is 17.7 Å². The molecule has 0 fully saturated rings. The average Bonchev–Trinajstić information content (AvgIpc) is 2.48. The highest BCUT2D eigenvalue weighted by atomic mass is 16.7. The number of ether oxygens (including phenoxy) is 2. The molecule has 0 amide bonds. The summed E-state index contributed by atoms with van der Waals surface area (Å²) < 4.78 is 11.6. The van der Waals surface area contributed by atoms with Crippen LogP contribution >= 0.6 is 0 Å². The smallest absolute Gasteiger partial charge is 0.226 e. The first-order valence-electron chi connectivity index (χ1n) is 6.39. The van der Waals surface area contributed by atoms with E-state index in [1.165, 1.54) is 0 Å². The summed E-state index contributed by atoms with van der Waals surface area (Å²) in [6.07, 6.45) is 1.39. The molecule has 2 rings (SSSR count). The molecule has 0 aliphatic heterocycles. The summed E-state index contributed by atoms with van der Waals surface area (Å²) in [5.41, 5.74) is 1.96. The summed E-state index contributed by atoms with van der Waals surface area (Å²) in [5, 5.41) is 0. The van der Waals surface area contributed by atoms with Crippen LogP contribution in [0, 0.1) is 0 Å². The third kappa shape index (κ3) is 3.46. The van der Waals surface area contributed by atoms with Gasteiger partial charge in [-0.25, -0.2) is 0 Å². The van der Waals surface area contributed by atoms with Gasteiger partial charge in [0.05, 0.1) is 0 Å². The molecular formula is C17H18O2. The molecule has 0 spiro atoms. The van der Waals surface area contributed by atoms with Gasteiger partial charge in [-0.1, -0.05) is 61.2 Å². The Morgan fingerprint density at radius 1 is 1.05 bits per heavy atom. The predicted molar refractivity (Wildman–Crippen MR) is 78.0 cm³/mol. The average molecular weight is 254 g/mol. The van der Waals surface area contributed by atoms with Crippen LogP contribution in [0.3, 0.4) is 0 Å². The predicted octanol–water partition coefficient (Wildman–Crippen LogP) is 4.44. The molecule has 0 saturated carbocycles. The maximum Gasteiger partial charge on any atom is 0.226 e. The van der Waals surface area contributed by atoms with Gasteiger partial charge in [0.1, 0.15) is 5.75 Å². The van der Waals surface area contributed by atoms with Crippen LogP contribution < -0.4 is 4.74 Å². The second-order valence-electron chi connectivity index (χ2n) is 4.06.